The molecule has 0 bridgehead atoms. The number of aryl methyl sites for hydroxylation is 1. The van der Waals surface area contributed by atoms with Crippen molar-refractivity contribution in [2.75, 3.05) is 26.1 Å². The number of amides is 1. The van der Waals surface area contributed by atoms with E-state index in [0.29, 0.717) is 18.1 Å². The summed E-state index contributed by atoms with van der Waals surface area (Å²) in [6.07, 6.45) is 2.48. The molecule has 25 heavy (non-hydrogen) atoms. The number of hydrogen-bond acceptors (Lipinski definition) is 6. The summed E-state index contributed by atoms with van der Waals surface area (Å²) in [6.45, 7) is 2.27. The van der Waals surface area contributed by atoms with Crippen LogP contribution in [-0.4, -0.2) is 42.5 Å². The third-order valence-corrected chi connectivity index (χ3v) is 3.38. The highest BCUT2D eigenvalue weighted by atomic mass is 16.5. The topological polar surface area (TPSA) is 91.7 Å². The van der Waals surface area contributed by atoms with Gasteiger partial charge in [-0.05, 0) is 18.6 Å². The average Bonchev–Trinajstić information content (AvgIpc) is 3.05. The number of rotatable bonds is 8. The maximum absolute atomic E-state index is 12.2. The van der Waals surface area contributed by atoms with Gasteiger partial charge in [0.05, 0.1) is 20.4 Å². The second-order valence-corrected chi connectivity index (χ2v) is 5.10. The zero-order valence-electron chi connectivity index (χ0n) is 14.4. The fourth-order valence-electron chi connectivity index (χ4n) is 2.26. The van der Waals surface area contributed by atoms with E-state index >= 15 is 0 Å². The Labute approximate surface area is 145 Å². The van der Waals surface area contributed by atoms with Crippen molar-refractivity contribution < 1.29 is 23.8 Å². The molecular weight excluding hydrogens is 326 g/mol. The number of benzene rings is 1. The van der Waals surface area contributed by atoms with Gasteiger partial charge in [0.15, 0.2) is 18.1 Å². The van der Waals surface area contributed by atoms with Gasteiger partial charge in [0, 0.05) is 12.6 Å². The minimum Gasteiger partial charge on any atom is -0.493 e. The number of para-hydroxylation sites is 1. The van der Waals surface area contributed by atoms with Gasteiger partial charge in [0.25, 0.3) is 5.91 Å². The lowest BCUT2D eigenvalue weighted by molar-refractivity contribution is -0.119. The molecule has 0 aliphatic carbocycles. The third kappa shape index (κ3) is 4.50. The monoisotopic (exact) mass is 347 g/mol. The molecule has 1 aromatic carbocycles. The molecule has 1 heterocycles. The minimum atomic E-state index is -0.673. The number of carbonyl (C=O) groups excluding carboxylic acids is 2. The van der Waals surface area contributed by atoms with Crippen LogP contribution in [0, 0.1) is 0 Å². The number of nitrogens with zero attached hydrogens (tertiary/aromatic N) is 2. The van der Waals surface area contributed by atoms with E-state index in [9.17, 15) is 9.59 Å². The summed E-state index contributed by atoms with van der Waals surface area (Å²) < 4.78 is 17.1. The molecule has 0 unspecified atom stereocenters. The van der Waals surface area contributed by atoms with E-state index in [1.54, 1.807) is 29.1 Å². The molecule has 134 valence electrons. The molecule has 8 heteroatoms. The standard InChI is InChI=1S/C17H21N3O5/c1-4-10-20-14(8-9-18-20)19-15(21)11-25-17(22)12-6-5-7-13(23-2)16(12)24-3/h5-9H,4,10-11H2,1-3H3,(H,19,21). The highest BCUT2D eigenvalue weighted by Gasteiger charge is 2.19. The van der Waals surface area contributed by atoms with Crippen molar-refractivity contribution in [1.82, 2.24) is 9.78 Å². The number of hydrogen-bond donors (Lipinski definition) is 1. The lowest BCUT2D eigenvalue weighted by atomic mass is 10.2. The third-order valence-electron chi connectivity index (χ3n) is 3.38. The van der Waals surface area contributed by atoms with E-state index in [1.807, 2.05) is 6.92 Å². The van der Waals surface area contributed by atoms with Gasteiger partial charge < -0.3 is 19.5 Å². The number of methoxy groups -OCH3 is 2. The van der Waals surface area contributed by atoms with Gasteiger partial charge >= 0.3 is 5.97 Å². The van der Waals surface area contributed by atoms with E-state index in [1.165, 1.54) is 20.3 Å². The fraction of sp³-hybridized carbons (Fsp3) is 0.353. The van der Waals surface area contributed by atoms with Crippen molar-refractivity contribution in [3.8, 4) is 11.5 Å². The predicted molar refractivity (Wildman–Crippen MR) is 91.0 cm³/mol. The van der Waals surface area contributed by atoms with Gasteiger partial charge in [-0.25, -0.2) is 9.48 Å². The molecule has 1 aromatic heterocycles. The number of nitrogens with one attached hydrogen (secondary N) is 1. The van der Waals surface area contributed by atoms with Crippen LogP contribution in [0.1, 0.15) is 23.7 Å². The van der Waals surface area contributed by atoms with Crippen molar-refractivity contribution in [3.05, 3.63) is 36.0 Å². The number of aromatic nitrogens is 2. The van der Waals surface area contributed by atoms with Gasteiger partial charge in [-0.1, -0.05) is 13.0 Å². The van der Waals surface area contributed by atoms with Gasteiger partial charge in [-0.15, -0.1) is 0 Å². The summed E-state index contributed by atoms with van der Waals surface area (Å²) in [6, 6.07) is 6.52. The van der Waals surface area contributed by atoms with Crippen molar-refractivity contribution in [1.29, 1.82) is 0 Å². The summed E-state index contributed by atoms with van der Waals surface area (Å²) >= 11 is 0. The summed E-state index contributed by atoms with van der Waals surface area (Å²) in [4.78, 5) is 24.2. The van der Waals surface area contributed by atoms with Crippen LogP contribution in [0.2, 0.25) is 0 Å². The first-order chi connectivity index (χ1) is 12.1. The van der Waals surface area contributed by atoms with Crippen LogP contribution in [0.15, 0.2) is 30.5 Å². The zero-order chi connectivity index (χ0) is 18.2. The van der Waals surface area contributed by atoms with E-state index in [-0.39, 0.29) is 11.3 Å². The number of carbonyl (C=O) groups is 2. The van der Waals surface area contributed by atoms with E-state index in [2.05, 4.69) is 10.4 Å². The number of esters is 1. The molecule has 0 atom stereocenters. The molecule has 0 radical (unpaired) electrons. The Kier molecular flexibility index (Phi) is 6.39. The summed E-state index contributed by atoms with van der Waals surface area (Å²) in [5.41, 5.74) is 0.186. The van der Waals surface area contributed by atoms with Crippen LogP contribution in [0.25, 0.3) is 0 Å². The molecule has 0 saturated heterocycles. The molecule has 2 rings (SSSR count). The Bertz CT molecular complexity index is 742. The lowest BCUT2D eigenvalue weighted by Crippen LogP contribution is -2.22. The SMILES string of the molecule is CCCn1nccc1NC(=O)COC(=O)c1cccc(OC)c1OC. The van der Waals surface area contributed by atoms with Crippen LogP contribution in [0.3, 0.4) is 0 Å². The summed E-state index contributed by atoms with van der Waals surface area (Å²) in [7, 11) is 2.90. The average molecular weight is 347 g/mol. The Balaban J connectivity index is 1.98. The molecule has 1 amide bonds. The quantitative estimate of drug-likeness (QED) is 0.735. The van der Waals surface area contributed by atoms with Crippen molar-refractivity contribution in [3.63, 3.8) is 0 Å². The molecular formula is C17H21N3O5. The molecule has 0 saturated carbocycles. The highest BCUT2D eigenvalue weighted by molar-refractivity contribution is 5.97. The fourth-order valence-corrected chi connectivity index (χ4v) is 2.26. The molecule has 8 nitrogen and oxygen atoms in total. The number of anilines is 1. The summed E-state index contributed by atoms with van der Waals surface area (Å²) in [5.74, 6) is 0.101. The largest absolute Gasteiger partial charge is 0.493 e. The highest BCUT2D eigenvalue weighted by Crippen LogP contribution is 2.31. The van der Waals surface area contributed by atoms with Gasteiger partial charge in [-0.2, -0.15) is 5.10 Å². The van der Waals surface area contributed by atoms with E-state index in [4.69, 9.17) is 14.2 Å². The smallest absolute Gasteiger partial charge is 0.342 e. The second-order valence-electron chi connectivity index (χ2n) is 5.10. The zero-order valence-corrected chi connectivity index (χ0v) is 14.4. The van der Waals surface area contributed by atoms with Crippen LogP contribution in [0.4, 0.5) is 5.82 Å². The predicted octanol–water partition coefficient (Wildman–Crippen LogP) is 2.11. The van der Waals surface area contributed by atoms with Crippen LogP contribution < -0.4 is 14.8 Å². The van der Waals surface area contributed by atoms with Crippen LogP contribution >= 0.6 is 0 Å². The maximum atomic E-state index is 12.2. The first kappa shape index (κ1) is 18.3. The minimum absolute atomic E-state index is 0.186. The van der Waals surface area contributed by atoms with Crippen molar-refractivity contribution in [2.24, 2.45) is 0 Å². The molecule has 0 fully saturated rings. The molecule has 0 aliphatic rings. The van der Waals surface area contributed by atoms with Crippen molar-refractivity contribution >= 4 is 17.7 Å². The first-order valence-corrected chi connectivity index (χ1v) is 7.80. The van der Waals surface area contributed by atoms with Crippen LogP contribution in [-0.2, 0) is 16.1 Å². The lowest BCUT2D eigenvalue weighted by Gasteiger charge is -2.12. The Hall–Kier alpha value is -3.03. The normalized spacial score (nSPS) is 10.2. The Morgan fingerprint density at radius 3 is 2.68 bits per heavy atom. The van der Waals surface area contributed by atoms with E-state index < -0.39 is 18.5 Å². The van der Waals surface area contributed by atoms with Gasteiger partial charge in [0.1, 0.15) is 11.4 Å². The maximum Gasteiger partial charge on any atom is 0.342 e. The number of ether oxygens (including phenoxy) is 3. The molecule has 1 N–H and O–H groups in total. The van der Waals surface area contributed by atoms with Crippen molar-refractivity contribution in [2.45, 2.75) is 19.9 Å². The summed E-state index contributed by atoms with van der Waals surface area (Å²) in [5, 5.41) is 6.77. The second kappa shape index (κ2) is 8.72. The van der Waals surface area contributed by atoms with E-state index in [0.717, 1.165) is 6.42 Å². The molecule has 0 aliphatic heterocycles. The van der Waals surface area contributed by atoms with Gasteiger partial charge in [0.2, 0.25) is 0 Å². The van der Waals surface area contributed by atoms with Gasteiger partial charge in [-0.3, -0.25) is 4.79 Å². The molecule has 2 aromatic rings. The Morgan fingerprint density at radius 1 is 1.20 bits per heavy atom. The first-order valence-electron chi connectivity index (χ1n) is 7.80. The molecule has 0 spiro atoms. The Morgan fingerprint density at radius 2 is 2.00 bits per heavy atom. The van der Waals surface area contributed by atoms with Crippen LogP contribution in [0.5, 0.6) is 11.5 Å².